The quantitative estimate of drug-likeness (QED) is 0.123. The van der Waals surface area contributed by atoms with E-state index in [2.05, 4.69) is 186 Å². The number of rotatable bonds is 3. The normalized spacial score (nSPS) is 13.8. The van der Waals surface area contributed by atoms with Crippen molar-refractivity contribution in [3.63, 3.8) is 0 Å². The van der Waals surface area contributed by atoms with Crippen molar-refractivity contribution in [1.29, 1.82) is 0 Å². The molecule has 0 saturated carbocycles. The van der Waals surface area contributed by atoms with Crippen molar-refractivity contribution in [2.75, 3.05) is 0 Å². The van der Waals surface area contributed by atoms with Crippen LogP contribution >= 0.6 is 0 Å². The standard InChI is InChI=1S/C63H56/c1-30(2)49-41-18-17-33(62(7,8)9)27-47(41)50(31(3)4)59-43-24-20-38-40-22-26-45-55-44(25-21-39(53(40)55)37-19-23-42(58(49)59)54(43)52(37)38)60-51(32(5)6)48-29-34(63(10,11)12)28-46-35-15-13-14-16-36(35)57(56(46)48)61(45)60/h13-32H,1-12H3. The molecular formula is C63H56. The van der Waals surface area contributed by atoms with Gasteiger partial charge in [-0.2, -0.15) is 0 Å². The molecule has 0 spiro atoms. The molecule has 0 radical (unpaired) electrons. The van der Waals surface area contributed by atoms with Gasteiger partial charge >= 0.3 is 0 Å². The molecule has 0 nitrogen and oxygen atoms in total. The van der Waals surface area contributed by atoms with Gasteiger partial charge in [-0.1, -0.05) is 180 Å². The van der Waals surface area contributed by atoms with Crippen molar-refractivity contribution in [1.82, 2.24) is 0 Å². The van der Waals surface area contributed by atoms with Crippen LogP contribution in [0.1, 0.15) is 129 Å². The SMILES string of the molecule is CC(C)c1c2c(c(C(C)C)c3cc(C(C)(C)C)ccc13)-c1ccc3c4ccc5c6c(ccc(c7ccc-2c1c73)c46)c1c(C(C)C)c2cc(C(C)(C)C)cc3c4ccccc4c(c23)c51. The molecule has 0 aromatic heterocycles. The molecule has 0 N–H and O–H groups in total. The van der Waals surface area contributed by atoms with Crippen LogP contribution in [-0.2, 0) is 10.8 Å². The zero-order valence-electron chi connectivity index (χ0n) is 39.0. The molecule has 12 aromatic carbocycles. The van der Waals surface area contributed by atoms with Gasteiger partial charge in [0.2, 0.25) is 0 Å². The first kappa shape index (κ1) is 37.6. The van der Waals surface area contributed by atoms with Gasteiger partial charge in [-0.3, -0.25) is 0 Å². The van der Waals surface area contributed by atoms with Gasteiger partial charge in [0.1, 0.15) is 0 Å². The predicted molar refractivity (Wildman–Crippen MR) is 279 cm³/mol. The first-order chi connectivity index (χ1) is 30.1. The van der Waals surface area contributed by atoms with Gasteiger partial charge < -0.3 is 0 Å². The fraction of sp³-hybridized carbons (Fsp3) is 0.270. The summed E-state index contributed by atoms with van der Waals surface area (Å²) in [5.74, 6) is 1.11. The molecule has 0 fully saturated rings. The van der Waals surface area contributed by atoms with Crippen LogP contribution in [0.25, 0.3) is 130 Å². The van der Waals surface area contributed by atoms with Crippen LogP contribution in [0, 0.1) is 0 Å². The highest BCUT2D eigenvalue weighted by Gasteiger charge is 2.34. The van der Waals surface area contributed by atoms with Crippen LogP contribution in [0.2, 0.25) is 0 Å². The molecule has 0 aliphatic heterocycles. The Morgan fingerprint density at radius 3 is 1.25 bits per heavy atom. The summed E-state index contributed by atoms with van der Waals surface area (Å²) in [5, 5.41) is 28.3. The van der Waals surface area contributed by atoms with Crippen LogP contribution in [-0.4, -0.2) is 0 Å². The molecular weight excluding hydrogens is 757 g/mol. The second kappa shape index (κ2) is 12.0. The lowest BCUT2D eigenvalue weighted by atomic mass is 9.78. The van der Waals surface area contributed by atoms with E-state index in [0.717, 1.165) is 0 Å². The average Bonchev–Trinajstić information content (AvgIpc) is 3.87. The van der Waals surface area contributed by atoms with E-state index in [1.807, 2.05) is 0 Å². The van der Waals surface area contributed by atoms with Crippen LogP contribution in [0.5, 0.6) is 0 Å². The third-order valence-electron chi connectivity index (χ3n) is 15.8. The first-order valence-corrected chi connectivity index (χ1v) is 23.7. The smallest absolute Gasteiger partial charge is 0.000764 e. The lowest BCUT2D eigenvalue weighted by Gasteiger charge is -2.26. The van der Waals surface area contributed by atoms with E-state index >= 15 is 0 Å². The Morgan fingerprint density at radius 2 is 0.683 bits per heavy atom. The minimum Gasteiger partial charge on any atom is -0.0616 e. The van der Waals surface area contributed by atoms with Gasteiger partial charge in [-0.25, -0.2) is 0 Å². The second-order valence-electron chi connectivity index (χ2n) is 22.5. The summed E-state index contributed by atoms with van der Waals surface area (Å²) in [5.41, 5.74) is 13.2. The molecule has 1 aliphatic carbocycles. The van der Waals surface area contributed by atoms with E-state index in [0.29, 0.717) is 17.8 Å². The molecule has 0 atom stereocenters. The number of hydrogen-bond donors (Lipinski definition) is 0. The molecule has 13 rings (SSSR count). The summed E-state index contributed by atoms with van der Waals surface area (Å²) in [4.78, 5) is 0. The molecule has 0 heterocycles. The maximum atomic E-state index is 2.56. The molecule has 0 amide bonds. The minimum absolute atomic E-state index is 0.0341. The van der Waals surface area contributed by atoms with E-state index in [-0.39, 0.29) is 10.8 Å². The maximum Gasteiger partial charge on any atom is -0.000764 e. The van der Waals surface area contributed by atoms with Crippen LogP contribution < -0.4 is 0 Å². The number of hydrogen-bond acceptors (Lipinski definition) is 0. The van der Waals surface area contributed by atoms with Crippen molar-refractivity contribution in [3.05, 3.63) is 131 Å². The number of fused-ring (bicyclic) bond motifs is 13. The number of benzene rings is 10. The first-order valence-electron chi connectivity index (χ1n) is 23.7. The van der Waals surface area contributed by atoms with Gasteiger partial charge in [-0.05, 0) is 192 Å². The van der Waals surface area contributed by atoms with Gasteiger partial charge in [0.15, 0.2) is 0 Å². The minimum atomic E-state index is 0.0341. The van der Waals surface area contributed by atoms with Crippen molar-refractivity contribution in [2.24, 2.45) is 0 Å². The molecule has 1 aliphatic rings. The average molecular weight is 813 g/mol. The Bertz CT molecular complexity index is 3960. The highest BCUT2D eigenvalue weighted by molar-refractivity contribution is 6.49. The van der Waals surface area contributed by atoms with Crippen molar-refractivity contribution in [3.8, 4) is 22.3 Å². The fourth-order valence-corrected chi connectivity index (χ4v) is 13.1. The van der Waals surface area contributed by atoms with Crippen LogP contribution in [0.3, 0.4) is 0 Å². The Labute approximate surface area is 370 Å². The summed E-state index contributed by atoms with van der Waals surface area (Å²) in [6.07, 6.45) is 0. The molecule has 12 aromatic rings. The third kappa shape index (κ3) is 4.53. The van der Waals surface area contributed by atoms with Crippen molar-refractivity contribution >= 4 is 108 Å². The van der Waals surface area contributed by atoms with E-state index < -0.39 is 0 Å². The summed E-state index contributed by atoms with van der Waals surface area (Å²) < 4.78 is 0. The zero-order valence-corrected chi connectivity index (χ0v) is 39.0. The highest BCUT2D eigenvalue weighted by atomic mass is 14.4. The van der Waals surface area contributed by atoms with Gasteiger partial charge in [-0.15, -0.1) is 0 Å². The highest BCUT2D eigenvalue weighted by Crippen LogP contribution is 2.60. The molecule has 0 bridgehead atoms. The maximum absolute atomic E-state index is 2.56. The van der Waals surface area contributed by atoms with E-state index in [9.17, 15) is 0 Å². The summed E-state index contributed by atoms with van der Waals surface area (Å²) in [6, 6.07) is 41.7. The van der Waals surface area contributed by atoms with Gasteiger partial charge in [0, 0.05) is 0 Å². The monoisotopic (exact) mass is 812 g/mol. The van der Waals surface area contributed by atoms with Crippen LogP contribution in [0.15, 0.2) is 103 Å². The van der Waals surface area contributed by atoms with Gasteiger partial charge in [0.05, 0.1) is 0 Å². The van der Waals surface area contributed by atoms with Gasteiger partial charge in [0.25, 0.3) is 0 Å². The largest absolute Gasteiger partial charge is 0.0616 e. The summed E-state index contributed by atoms with van der Waals surface area (Å²) in [7, 11) is 0. The molecule has 0 saturated heterocycles. The predicted octanol–water partition coefficient (Wildman–Crippen LogP) is 19.1. The van der Waals surface area contributed by atoms with E-state index in [1.165, 1.54) is 158 Å². The molecule has 0 heteroatoms. The molecule has 63 heavy (non-hydrogen) atoms. The molecule has 0 unspecified atom stereocenters. The fourth-order valence-electron chi connectivity index (χ4n) is 13.1. The van der Waals surface area contributed by atoms with Crippen LogP contribution in [0.4, 0.5) is 0 Å². The summed E-state index contributed by atoms with van der Waals surface area (Å²) >= 11 is 0. The van der Waals surface area contributed by atoms with E-state index in [4.69, 9.17) is 0 Å². The Hall–Kier alpha value is -5.98. The lowest BCUT2D eigenvalue weighted by Crippen LogP contribution is -2.11. The van der Waals surface area contributed by atoms with Crippen molar-refractivity contribution < 1.29 is 0 Å². The Kier molecular flexibility index (Phi) is 7.14. The van der Waals surface area contributed by atoms with E-state index in [1.54, 1.807) is 0 Å². The Morgan fingerprint density at radius 1 is 0.286 bits per heavy atom. The molecule has 308 valence electrons. The zero-order chi connectivity index (χ0) is 43.5. The summed E-state index contributed by atoms with van der Waals surface area (Å²) in [6.45, 7) is 28.6. The topological polar surface area (TPSA) is 0 Å². The lowest BCUT2D eigenvalue weighted by molar-refractivity contribution is 0.591. The Balaban J connectivity index is 1.20. The second-order valence-corrected chi connectivity index (χ2v) is 22.5. The van der Waals surface area contributed by atoms with Crippen molar-refractivity contribution in [2.45, 2.75) is 112 Å². The third-order valence-corrected chi connectivity index (χ3v) is 15.8.